The third-order valence-corrected chi connectivity index (χ3v) is 3.70. The monoisotopic (exact) mass is 275 g/mol. The van der Waals surface area contributed by atoms with Crippen molar-refractivity contribution in [3.05, 3.63) is 58.9 Å². The predicted octanol–water partition coefficient (Wildman–Crippen LogP) is 3.39. The van der Waals surface area contributed by atoms with Gasteiger partial charge >= 0.3 is 0 Å². The van der Waals surface area contributed by atoms with Gasteiger partial charge in [-0.25, -0.2) is 0 Å². The molecule has 4 heteroatoms. The molecule has 19 heavy (non-hydrogen) atoms. The van der Waals surface area contributed by atoms with E-state index in [4.69, 9.17) is 17.3 Å². The molecule has 1 aromatic heterocycles. The van der Waals surface area contributed by atoms with Crippen molar-refractivity contribution in [3.63, 3.8) is 0 Å². The summed E-state index contributed by atoms with van der Waals surface area (Å²) in [7, 11) is 2.05. The van der Waals surface area contributed by atoms with Crippen LogP contribution in [0.25, 0.3) is 0 Å². The van der Waals surface area contributed by atoms with Crippen molar-refractivity contribution < 1.29 is 0 Å². The molecular formula is C15H18ClN3. The Morgan fingerprint density at radius 3 is 2.74 bits per heavy atom. The van der Waals surface area contributed by atoms with Crippen molar-refractivity contribution in [3.8, 4) is 0 Å². The van der Waals surface area contributed by atoms with Crippen LogP contribution in [0.1, 0.15) is 24.2 Å². The highest BCUT2D eigenvalue weighted by atomic mass is 35.5. The average Bonchev–Trinajstić information content (AvgIpc) is 2.46. The quantitative estimate of drug-likeness (QED) is 0.930. The molecule has 0 spiro atoms. The molecule has 0 saturated heterocycles. The molecule has 2 aromatic rings. The second kappa shape index (κ2) is 6.04. The second-order valence-electron chi connectivity index (χ2n) is 4.52. The molecule has 0 fully saturated rings. The number of pyridine rings is 1. The standard InChI is InChI=1S/C15H18ClN3/c1-11(14-5-3-4-6-15(14)16)19(2)13-7-8-18-12(9-13)10-17/h3-9,11H,10,17H2,1-2H3. The highest BCUT2D eigenvalue weighted by molar-refractivity contribution is 6.31. The van der Waals surface area contributed by atoms with E-state index in [-0.39, 0.29) is 6.04 Å². The van der Waals surface area contributed by atoms with Crippen LogP contribution in [0.15, 0.2) is 42.6 Å². The van der Waals surface area contributed by atoms with E-state index < -0.39 is 0 Å². The van der Waals surface area contributed by atoms with Gasteiger partial charge < -0.3 is 10.6 Å². The molecule has 1 atom stereocenters. The van der Waals surface area contributed by atoms with Crippen LogP contribution < -0.4 is 10.6 Å². The van der Waals surface area contributed by atoms with Gasteiger partial charge in [-0.05, 0) is 30.7 Å². The first-order valence-electron chi connectivity index (χ1n) is 6.25. The van der Waals surface area contributed by atoms with Crippen LogP contribution in [-0.2, 0) is 6.54 Å². The van der Waals surface area contributed by atoms with E-state index in [2.05, 4.69) is 22.9 Å². The summed E-state index contributed by atoms with van der Waals surface area (Å²) in [5.41, 5.74) is 8.71. The van der Waals surface area contributed by atoms with Crippen molar-refractivity contribution in [2.45, 2.75) is 19.5 Å². The van der Waals surface area contributed by atoms with Crippen LogP contribution in [0, 0.1) is 0 Å². The number of hydrogen-bond donors (Lipinski definition) is 1. The molecule has 1 unspecified atom stereocenters. The van der Waals surface area contributed by atoms with Gasteiger partial charge in [0.2, 0.25) is 0 Å². The lowest BCUT2D eigenvalue weighted by Gasteiger charge is -2.28. The van der Waals surface area contributed by atoms with E-state index >= 15 is 0 Å². The van der Waals surface area contributed by atoms with Crippen LogP contribution in [0.5, 0.6) is 0 Å². The molecule has 0 aliphatic carbocycles. The fraction of sp³-hybridized carbons (Fsp3) is 0.267. The molecule has 0 amide bonds. The minimum Gasteiger partial charge on any atom is -0.368 e. The zero-order chi connectivity index (χ0) is 13.8. The number of anilines is 1. The van der Waals surface area contributed by atoms with Crippen molar-refractivity contribution in [2.24, 2.45) is 5.73 Å². The summed E-state index contributed by atoms with van der Waals surface area (Å²) < 4.78 is 0. The van der Waals surface area contributed by atoms with E-state index in [0.29, 0.717) is 6.54 Å². The van der Waals surface area contributed by atoms with Gasteiger partial charge in [-0.1, -0.05) is 29.8 Å². The number of halogens is 1. The van der Waals surface area contributed by atoms with E-state index in [1.54, 1.807) is 6.20 Å². The third-order valence-electron chi connectivity index (χ3n) is 3.35. The lowest BCUT2D eigenvalue weighted by Crippen LogP contribution is -2.22. The van der Waals surface area contributed by atoms with Crippen LogP contribution in [-0.4, -0.2) is 12.0 Å². The molecule has 0 aliphatic rings. The summed E-state index contributed by atoms with van der Waals surface area (Å²) in [5, 5.41) is 0.787. The van der Waals surface area contributed by atoms with Crippen LogP contribution in [0.3, 0.4) is 0 Å². The van der Waals surface area contributed by atoms with Gasteiger partial charge in [-0.2, -0.15) is 0 Å². The Hall–Kier alpha value is -1.58. The lowest BCUT2D eigenvalue weighted by molar-refractivity contribution is 0.738. The Kier molecular flexibility index (Phi) is 4.40. The van der Waals surface area contributed by atoms with E-state index in [0.717, 1.165) is 22.0 Å². The van der Waals surface area contributed by atoms with E-state index in [9.17, 15) is 0 Å². The van der Waals surface area contributed by atoms with Gasteiger partial charge in [0.25, 0.3) is 0 Å². The SMILES string of the molecule is CC(c1ccccc1Cl)N(C)c1ccnc(CN)c1. The van der Waals surface area contributed by atoms with Gasteiger partial charge in [0.1, 0.15) is 0 Å². The topological polar surface area (TPSA) is 42.2 Å². The minimum atomic E-state index is 0.182. The second-order valence-corrected chi connectivity index (χ2v) is 4.93. The Balaban J connectivity index is 2.28. The zero-order valence-corrected chi connectivity index (χ0v) is 11.9. The Morgan fingerprint density at radius 1 is 1.32 bits per heavy atom. The van der Waals surface area contributed by atoms with Crippen LogP contribution in [0.4, 0.5) is 5.69 Å². The highest BCUT2D eigenvalue weighted by Gasteiger charge is 2.15. The first-order valence-corrected chi connectivity index (χ1v) is 6.63. The maximum absolute atomic E-state index is 6.25. The maximum atomic E-state index is 6.25. The largest absolute Gasteiger partial charge is 0.368 e. The molecule has 1 heterocycles. The maximum Gasteiger partial charge on any atom is 0.0560 e. The van der Waals surface area contributed by atoms with Crippen molar-refractivity contribution >= 4 is 17.3 Å². The summed E-state index contributed by atoms with van der Waals surface area (Å²) in [5.74, 6) is 0. The van der Waals surface area contributed by atoms with Crippen molar-refractivity contribution in [1.82, 2.24) is 4.98 Å². The molecule has 100 valence electrons. The molecule has 0 saturated carbocycles. The zero-order valence-electron chi connectivity index (χ0n) is 11.2. The summed E-state index contributed by atoms with van der Waals surface area (Å²) in [6.45, 7) is 2.58. The number of hydrogen-bond acceptors (Lipinski definition) is 3. The molecule has 3 nitrogen and oxygen atoms in total. The van der Waals surface area contributed by atoms with Gasteiger partial charge in [-0.15, -0.1) is 0 Å². The van der Waals surface area contributed by atoms with Crippen LogP contribution in [0.2, 0.25) is 5.02 Å². The van der Waals surface area contributed by atoms with Gasteiger partial charge in [0.15, 0.2) is 0 Å². The number of benzene rings is 1. The molecule has 0 radical (unpaired) electrons. The molecule has 2 rings (SSSR count). The van der Waals surface area contributed by atoms with Gasteiger partial charge in [0, 0.05) is 30.5 Å². The predicted molar refractivity (Wildman–Crippen MR) is 80.4 cm³/mol. The van der Waals surface area contributed by atoms with Crippen molar-refractivity contribution in [1.29, 1.82) is 0 Å². The average molecular weight is 276 g/mol. The summed E-state index contributed by atoms with van der Waals surface area (Å²) in [6.07, 6.45) is 1.79. The Bertz CT molecular complexity index is 557. The third kappa shape index (κ3) is 3.06. The smallest absolute Gasteiger partial charge is 0.0560 e. The fourth-order valence-electron chi connectivity index (χ4n) is 2.04. The normalized spacial score (nSPS) is 12.2. The number of nitrogens with zero attached hydrogens (tertiary/aromatic N) is 2. The highest BCUT2D eigenvalue weighted by Crippen LogP contribution is 2.29. The summed E-state index contributed by atoms with van der Waals surface area (Å²) in [4.78, 5) is 6.38. The Labute approximate surface area is 119 Å². The molecular weight excluding hydrogens is 258 g/mol. The number of rotatable bonds is 4. The molecule has 2 N–H and O–H groups in total. The number of aromatic nitrogens is 1. The summed E-state index contributed by atoms with van der Waals surface area (Å²) in [6, 6.07) is 12.1. The lowest BCUT2D eigenvalue weighted by atomic mass is 10.1. The van der Waals surface area contributed by atoms with Gasteiger partial charge in [-0.3, -0.25) is 4.98 Å². The van der Waals surface area contributed by atoms with Gasteiger partial charge in [0.05, 0.1) is 11.7 Å². The summed E-state index contributed by atoms with van der Waals surface area (Å²) >= 11 is 6.25. The molecule has 0 aliphatic heterocycles. The van der Waals surface area contributed by atoms with E-state index in [1.165, 1.54) is 0 Å². The van der Waals surface area contributed by atoms with Crippen LogP contribution >= 0.6 is 11.6 Å². The Morgan fingerprint density at radius 2 is 2.05 bits per heavy atom. The fourth-order valence-corrected chi connectivity index (χ4v) is 2.34. The minimum absolute atomic E-state index is 0.182. The number of nitrogens with two attached hydrogens (primary N) is 1. The van der Waals surface area contributed by atoms with Crippen molar-refractivity contribution in [2.75, 3.05) is 11.9 Å². The first kappa shape index (κ1) is 13.8. The molecule has 1 aromatic carbocycles. The molecule has 0 bridgehead atoms. The van der Waals surface area contributed by atoms with E-state index in [1.807, 2.05) is 37.4 Å². The first-order chi connectivity index (χ1) is 9.13.